The fourth-order valence-corrected chi connectivity index (χ4v) is 6.70. The second-order valence-electron chi connectivity index (χ2n) is 10.9. The number of likely N-dealkylation sites (tertiary alicyclic amines) is 1. The van der Waals surface area contributed by atoms with Gasteiger partial charge >= 0.3 is 0 Å². The molecule has 1 aliphatic carbocycles. The summed E-state index contributed by atoms with van der Waals surface area (Å²) in [4.78, 5) is 18.2. The van der Waals surface area contributed by atoms with Crippen molar-refractivity contribution in [1.82, 2.24) is 15.1 Å². The van der Waals surface area contributed by atoms with E-state index in [2.05, 4.69) is 39.9 Å². The summed E-state index contributed by atoms with van der Waals surface area (Å²) < 4.78 is 0. The van der Waals surface area contributed by atoms with Crippen LogP contribution in [0.25, 0.3) is 0 Å². The van der Waals surface area contributed by atoms with Gasteiger partial charge in [0.15, 0.2) is 0 Å². The van der Waals surface area contributed by atoms with E-state index in [1.165, 1.54) is 44.1 Å². The van der Waals surface area contributed by atoms with E-state index in [0.29, 0.717) is 23.9 Å². The van der Waals surface area contributed by atoms with E-state index in [1.807, 2.05) is 30.3 Å². The number of hydrogen-bond donors (Lipinski definition) is 2. The van der Waals surface area contributed by atoms with Crippen LogP contribution in [0.3, 0.4) is 0 Å². The third-order valence-electron chi connectivity index (χ3n) is 8.54. The van der Waals surface area contributed by atoms with E-state index in [9.17, 15) is 9.90 Å². The van der Waals surface area contributed by atoms with Crippen LogP contribution in [0.15, 0.2) is 61.2 Å². The Bertz CT molecular complexity index is 1030. The Morgan fingerprint density at radius 1 is 0.972 bits per heavy atom. The summed E-state index contributed by atoms with van der Waals surface area (Å²) in [6.07, 6.45) is 12.8. The molecule has 5 heteroatoms. The number of carbonyl (C=O) groups excluding carboxylic acids is 1. The molecular formula is C31H41N3O2. The molecule has 2 heterocycles. The first-order chi connectivity index (χ1) is 17.6. The molecule has 3 unspecified atom stereocenters. The number of nitrogens with one attached hydrogen (secondary N) is 1. The number of benzene rings is 2. The van der Waals surface area contributed by atoms with Gasteiger partial charge in [-0.15, -0.1) is 6.58 Å². The van der Waals surface area contributed by atoms with Crippen LogP contribution in [0.2, 0.25) is 0 Å². The van der Waals surface area contributed by atoms with Crippen LogP contribution in [0, 0.1) is 0 Å². The zero-order valence-electron chi connectivity index (χ0n) is 21.4. The number of phenols is 1. The number of aromatic hydroxyl groups is 1. The summed E-state index contributed by atoms with van der Waals surface area (Å²) in [6.45, 7) is 6.95. The van der Waals surface area contributed by atoms with Crippen LogP contribution in [0.4, 0.5) is 0 Å². The molecule has 192 valence electrons. The van der Waals surface area contributed by atoms with E-state index >= 15 is 0 Å². The average molecular weight is 488 g/mol. The van der Waals surface area contributed by atoms with Gasteiger partial charge in [0.25, 0.3) is 5.91 Å². The van der Waals surface area contributed by atoms with Gasteiger partial charge in [-0.2, -0.15) is 0 Å². The summed E-state index contributed by atoms with van der Waals surface area (Å²) >= 11 is 0. The molecule has 2 N–H and O–H groups in total. The van der Waals surface area contributed by atoms with Crippen molar-refractivity contribution in [3.63, 3.8) is 0 Å². The van der Waals surface area contributed by atoms with Gasteiger partial charge in [-0.1, -0.05) is 56.0 Å². The third kappa shape index (κ3) is 5.68. The lowest BCUT2D eigenvalue weighted by Crippen LogP contribution is -2.40. The molecule has 2 bridgehead atoms. The SMILES string of the molecule is C=CCN1C2CCC1CN(C(c1ccc(C(=O)NC3CCCCCC3)cc1)c1cccc(O)c1)CC2. The van der Waals surface area contributed by atoms with Crippen LogP contribution in [-0.2, 0) is 0 Å². The molecule has 36 heavy (non-hydrogen) atoms. The van der Waals surface area contributed by atoms with Crippen molar-refractivity contribution in [3.05, 3.63) is 77.9 Å². The van der Waals surface area contributed by atoms with Crippen molar-refractivity contribution in [2.45, 2.75) is 82.0 Å². The zero-order valence-corrected chi connectivity index (χ0v) is 21.4. The maximum absolute atomic E-state index is 13.0. The second-order valence-corrected chi connectivity index (χ2v) is 10.9. The maximum Gasteiger partial charge on any atom is 0.251 e. The van der Waals surface area contributed by atoms with Crippen molar-refractivity contribution in [3.8, 4) is 5.75 Å². The van der Waals surface area contributed by atoms with E-state index in [4.69, 9.17) is 0 Å². The number of carbonyl (C=O) groups is 1. The van der Waals surface area contributed by atoms with E-state index in [-0.39, 0.29) is 11.9 Å². The molecule has 3 aliphatic rings. The lowest BCUT2D eigenvalue weighted by molar-refractivity contribution is 0.0933. The number of rotatable bonds is 7. The van der Waals surface area contributed by atoms with E-state index < -0.39 is 0 Å². The van der Waals surface area contributed by atoms with Gasteiger partial charge in [0.1, 0.15) is 5.75 Å². The predicted octanol–water partition coefficient (Wildman–Crippen LogP) is 5.66. The molecule has 2 aromatic carbocycles. The highest BCUT2D eigenvalue weighted by Crippen LogP contribution is 2.37. The van der Waals surface area contributed by atoms with Crippen molar-refractivity contribution in [2.24, 2.45) is 0 Å². The normalized spacial score (nSPS) is 24.6. The zero-order chi connectivity index (χ0) is 24.9. The van der Waals surface area contributed by atoms with Crippen LogP contribution in [0.1, 0.15) is 85.3 Å². The summed E-state index contributed by atoms with van der Waals surface area (Å²) in [5.41, 5.74) is 2.99. The molecule has 2 saturated heterocycles. The first kappa shape index (κ1) is 25.0. The smallest absolute Gasteiger partial charge is 0.251 e. The van der Waals surface area contributed by atoms with Crippen molar-refractivity contribution < 1.29 is 9.90 Å². The Hall–Kier alpha value is -2.63. The van der Waals surface area contributed by atoms with Crippen LogP contribution in [0.5, 0.6) is 5.75 Å². The number of hydrogen-bond acceptors (Lipinski definition) is 4. The van der Waals surface area contributed by atoms with Gasteiger partial charge in [0, 0.05) is 43.3 Å². The summed E-state index contributed by atoms with van der Waals surface area (Å²) in [7, 11) is 0. The number of phenolic OH excluding ortho intramolecular Hbond substituents is 1. The molecule has 0 aromatic heterocycles. The fraction of sp³-hybridized carbons (Fsp3) is 0.516. The topological polar surface area (TPSA) is 55.8 Å². The van der Waals surface area contributed by atoms with Crippen molar-refractivity contribution in [1.29, 1.82) is 0 Å². The highest BCUT2D eigenvalue weighted by atomic mass is 16.3. The van der Waals surface area contributed by atoms with Crippen molar-refractivity contribution >= 4 is 5.91 Å². The molecule has 2 aromatic rings. The lowest BCUT2D eigenvalue weighted by Gasteiger charge is -2.34. The summed E-state index contributed by atoms with van der Waals surface area (Å²) in [6, 6.07) is 17.3. The van der Waals surface area contributed by atoms with Crippen molar-refractivity contribution in [2.75, 3.05) is 19.6 Å². The Labute approximate surface area is 216 Å². The third-order valence-corrected chi connectivity index (χ3v) is 8.54. The van der Waals surface area contributed by atoms with E-state index in [0.717, 1.165) is 50.0 Å². The molecule has 1 amide bonds. The highest BCUT2D eigenvalue weighted by molar-refractivity contribution is 5.94. The molecule has 0 spiro atoms. The van der Waals surface area contributed by atoms with Gasteiger partial charge < -0.3 is 10.4 Å². The molecule has 5 rings (SSSR count). The minimum Gasteiger partial charge on any atom is -0.508 e. The summed E-state index contributed by atoms with van der Waals surface area (Å²) in [5.74, 6) is 0.330. The number of nitrogens with zero attached hydrogens (tertiary/aromatic N) is 2. The van der Waals surface area contributed by atoms with Crippen LogP contribution >= 0.6 is 0 Å². The molecule has 2 aliphatic heterocycles. The maximum atomic E-state index is 13.0. The number of amides is 1. The van der Waals surface area contributed by atoms with Gasteiger partial charge in [0.05, 0.1) is 6.04 Å². The molecule has 0 radical (unpaired) electrons. The molecular weight excluding hydrogens is 446 g/mol. The van der Waals surface area contributed by atoms with Crippen LogP contribution < -0.4 is 5.32 Å². The number of fused-ring (bicyclic) bond motifs is 2. The van der Waals surface area contributed by atoms with Gasteiger partial charge in [-0.05, 0) is 67.5 Å². The average Bonchev–Trinajstić information content (AvgIpc) is 3.01. The van der Waals surface area contributed by atoms with Gasteiger partial charge in [0.2, 0.25) is 0 Å². The first-order valence-electron chi connectivity index (χ1n) is 13.9. The fourth-order valence-electron chi connectivity index (χ4n) is 6.70. The van der Waals surface area contributed by atoms with Gasteiger partial charge in [-0.3, -0.25) is 14.6 Å². The molecule has 3 fully saturated rings. The van der Waals surface area contributed by atoms with Gasteiger partial charge in [-0.25, -0.2) is 0 Å². The first-order valence-corrected chi connectivity index (χ1v) is 13.9. The molecule has 3 atom stereocenters. The Morgan fingerprint density at radius 3 is 2.44 bits per heavy atom. The second kappa shape index (κ2) is 11.6. The Kier molecular flexibility index (Phi) is 8.08. The molecule has 1 saturated carbocycles. The Morgan fingerprint density at radius 2 is 1.72 bits per heavy atom. The van der Waals surface area contributed by atoms with E-state index in [1.54, 1.807) is 6.07 Å². The quantitative estimate of drug-likeness (QED) is 0.391. The summed E-state index contributed by atoms with van der Waals surface area (Å²) in [5, 5.41) is 13.6. The van der Waals surface area contributed by atoms with Crippen LogP contribution in [-0.4, -0.2) is 58.6 Å². The lowest BCUT2D eigenvalue weighted by atomic mass is 9.94. The Balaban J connectivity index is 1.37. The minimum absolute atomic E-state index is 0.0366. The largest absolute Gasteiger partial charge is 0.508 e. The standard InChI is InChI=1S/C31H41N3O2/c1-2-19-34-27-16-17-28(34)22-33(20-18-27)30(25-8-7-11-29(35)21-25)23-12-14-24(15-13-23)31(36)32-26-9-5-3-4-6-10-26/h2,7-8,11-15,21,26-28,30,35H,1,3-6,9-10,16-20,22H2,(H,32,36). The highest BCUT2D eigenvalue weighted by Gasteiger charge is 2.38. The molecule has 5 nitrogen and oxygen atoms in total. The minimum atomic E-state index is 0.0366. The predicted molar refractivity (Wildman–Crippen MR) is 145 cm³/mol. The monoisotopic (exact) mass is 487 g/mol.